The first-order chi connectivity index (χ1) is 12.6. The van der Waals surface area contributed by atoms with Gasteiger partial charge >= 0.3 is 0 Å². The third kappa shape index (κ3) is 3.30. The second-order valence-corrected chi connectivity index (χ2v) is 7.69. The largest absolute Gasteiger partial charge is 0.227 e. The maximum atomic E-state index is 6.44. The predicted octanol–water partition coefficient (Wildman–Crippen LogP) is 5.46. The molecule has 26 heavy (non-hydrogen) atoms. The number of halogens is 2. The summed E-state index contributed by atoms with van der Waals surface area (Å²) in [5, 5.41) is 10.3. The third-order valence-corrected chi connectivity index (χ3v) is 5.45. The van der Waals surface area contributed by atoms with Gasteiger partial charge in [-0.15, -0.1) is 5.10 Å². The number of nitrogens with zero attached hydrogens (tertiary/aromatic N) is 5. The summed E-state index contributed by atoms with van der Waals surface area (Å²) in [6.45, 7) is 4.86. The Hall–Kier alpha value is -1.72. The Morgan fingerprint density at radius 1 is 1.12 bits per heavy atom. The molecule has 2 heterocycles. The van der Waals surface area contributed by atoms with Gasteiger partial charge < -0.3 is 0 Å². The molecule has 0 radical (unpaired) electrons. The van der Waals surface area contributed by atoms with Crippen LogP contribution in [0, 0.1) is 5.92 Å². The van der Waals surface area contributed by atoms with Crippen LogP contribution in [0.1, 0.15) is 51.3 Å². The van der Waals surface area contributed by atoms with E-state index in [1.807, 2.05) is 19.1 Å². The minimum absolute atomic E-state index is 0.415. The van der Waals surface area contributed by atoms with E-state index < -0.39 is 0 Å². The van der Waals surface area contributed by atoms with E-state index in [2.05, 4.69) is 17.1 Å². The molecular formula is C19H21Cl2N5. The van der Waals surface area contributed by atoms with Gasteiger partial charge in [-0.1, -0.05) is 36.5 Å². The minimum Gasteiger partial charge on any atom is -0.227 e. The van der Waals surface area contributed by atoms with E-state index in [1.165, 1.54) is 12.8 Å². The first kappa shape index (κ1) is 17.7. The van der Waals surface area contributed by atoms with Gasteiger partial charge in [-0.2, -0.15) is 9.90 Å². The Morgan fingerprint density at radius 3 is 2.58 bits per heavy atom. The molecule has 1 atom stereocenters. The van der Waals surface area contributed by atoms with E-state index in [4.69, 9.17) is 33.2 Å². The number of benzene rings is 1. The summed E-state index contributed by atoms with van der Waals surface area (Å²) in [6, 6.07) is 5.42. The normalized spacial score (nSPS) is 15.5. The molecule has 3 aliphatic rings. The molecule has 136 valence electrons. The number of rotatable bonds is 6. The minimum atomic E-state index is 0.415. The Kier molecular flexibility index (Phi) is 4.84. The molecule has 1 unspecified atom stereocenters. The predicted molar refractivity (Wildman–Crippen MR) is 104 cm³/mol. The second-order valence-electron chi connectivity index (χ2n) is 6.85. The van der Waals surface area contributed by atoms with Crippen molar-refractivity contribution in [3.05, 3.63) is 34.1 Å². The highest BCUT2D eigenvalue weighted by Crippen LogP contribution is 2.45. The van der Waals surface area contributed by atoms with Crippen LogP contribution in [0.15, 0.2) is 18.2 Å². The Morgan fingerprint density at radius 2 is 1.92 bits per heavy atom. The molecular weight excluding hydrogens is 369 g/mol. The zero-order chi connectivity index (χ0) is 18.3. The molecule has 2 aliphatic heterocycles. The SMILES string of the molecule is CCCC(c1nc2nn(CC)nc(-c3ccc(Cl)cc3Cl)c-2n1)C1CC1. The summed E-state index contributed by atoms with van der Waals surface area (Å²) in [7, 11) is 0. The van der Waals surface area contributed by atoms with Crippen molar-refractivity contribution in [1.82, 2.24) is 25.0 Å². The van der Waals surface area contributed by atoms with Crippen molar-refractivity contribution in [3.8, 4) is 22.8 Å². The highest BCUT2D eigenvalue weighted by molar-refractivity contribution is 6.36. The maximum absolute atomic E-state index is 6.44. The highest BCUT2D eigenvalue weighted by atomic mass is 35.5. The molecule has 0 bridgehead atoms. The van der Waals surface area contributed by atoms with Gasteiger partial charge in [0.05, 0.1) is 11.6 Å². The van der Waals surface area contributed by atoms with Crippen LogP contribution < -0.4 is 0 Å². The first-order valence-corrected chi connectivity index (χ1v) is 9.94. The number of fused-ring (bicyclic) bond motifs is 1. The Labute approximate surface area is 163 Å². The highest BCUT2D eigenvalue weighted by Gasteiger charge is 2.35. The molecule has 1 aromatic carbocycles. The van der Waals surface area contributed by atoms with Crippen molar-refractivity contribution in [2.45, 2.75) is 52.0 Å². The number of imidazole rings is 1. The Bertz CT molecular complexity index is 903. The zero-order valence-electron chi connectivity index (χ0n) is 14.9. The van der Waals surface area contributed by atoms with Gasteiger partial charge in [-0.05, 0) is 50.3 Å². The fraction of sp³-hybridized carbons (Fsp3) is 0.474. The lowest BCUT2D eigenvalue weighted by Crippen LogP contribution is -2.10. The van der Waals surface area contributed by atoms with Crippen LogP contribution in [0.5, 0.6) is 0 Å². The molecule has 1 aliphatic carbocycles. The number of aryl methyl sites for hydroxylation is 1. The van der Waals surface area contributed by atoms with Gasteiger partial charge in [0.1, 0.15) is 17.2 Å². The van der Waals surface area contributed by atoms with Gasteiger partial charge in [0.15, 0.2) is 0 Å². The number of hydrogen-bond donors (Lipinski definition) is 0. The van der Waals surface area contributed by atoms with Crippen LogP contribution >= 0.6 is 23.2 Å². The topological polar surface area (TPSA) is 56.5 Å². The lowest BCUT2D eigenvalue weighted by molar-refractivity contribution is 0.525. The van der Waals surface area contributed by atoms with Crippen LogP contribution in [0.2, 0.25) is 10.0 Å². The van der Waals surface area contributed by atoms with Crippen molar-refractivity contribution in [1.29, 1.82) is 0 Å². The molecule has 0 N–H and O–H groups in total. The number of aromatic nitrogens is 5. The summed E-state index contributed by atoms with van der Waals surface area (Å²) in [5.41, 5.74) is 2.23. The van der Waals surface area contributed by atoms with Crippen molar-refractivity contribution < 1.29 is 0 Å². The Balaban J connectivity index is 1.86. The van der Waals surface area contributed by atoms with Gasteiger partial charge in [-0.3, -0.25) is 0 Å². The molecule has 0 spiro atoms. The first-order valence-electron chi connectivity index (χ1n) is 9.18. The summed E-state index contributed by atoms with van der Waals surface area (Å²) >= 11 is 12.5. The molecule has 0 amide bonds. The van der Waals surface area contributed by atoms with E-state index in [-0.39, 0.29) is 0 Å². The average Bonchev–Trinajstić information content (AvgIpc) is 3.37. The van der Waals surface area contributed by atoms with E-state index >= 15 is 0 Å². The van der Waals surface area contributed by atoms with Crippen molar-refractivity contribution >= 4 is 23.2 Å². The van der Waals surface area contributed by atoms with Crippen molar-refractivity contribution in [2.24, 2.45) is 5.92 Å². The van der Waals surface area contributed by atoms with E-state index in [1.54, 1.807) is 10.9 Å². The molecule has 4 rings (SSSR count). The lowest BCUT2D eigenvalue weighted by Gasteiger charge is -2.10. The smallest absolute Gasteiger partial charge is 0.204 e. The van der Waals surface area contributed by atoms with Crippen molar-refractivity contribution in [3.63, 3.8) is 0 Å². The van der Waals surface area contributed by atoms with Gasteiger partial charge in [0, 0.05) is 16.5 Å². The lowest BCUT2D eigenvalue weighted by atomic mass is 9.97. The molecule has 1 saturated carbocycles. The number of hydrogen-bond acceptors (Lipinski definition) is 4. The van der Waals surface area contributed by atoms with E-state index in [9.17, 15) is 0 Å². The third-order valence-electron chi connectivity index (χ3n) is 4.90. The van der Waals surface area contributed by atoms with Crippen LogP contribution in [0.3, 0.4) is 0 Å². The van der Waals surface area contributed by atoms with Crippen LogP contribution in [0.4, 0.5) is 0 Å². The monoisotopic (exact) mass is 389 g/mol. The van der Waals surface area contributed by atoms with Crippen LogP contribution in [-0.4, -0.2) is 25.0 Å². The zero-order valence-corrected chi connectivity index (χ0v) is 16.4. The van der Waals surface area contributed by atoms with Gasteiger partial charge in [-0.25, -0.2) is 9.97 Å². The standard InChI is InChI=1S/C19H21Cl2N5/c1-3-5-13(11-6-7-11)18-22-17-16(14-9-8-12(20)10-15(14)21)24-26(4-2)25-19(17)23-18/h8-11,13H,3-7H2,1-2H3. The molecule has 1 aromatic rings. The molecule has 7 heteroatoms. The van der Waals surface area contributed by atoms with Crippen LogP contribution in [-0.2, 0) is 6.54 Å². The van der Waals surface area contributed by atoms with Gasteiger partial charge in [0.25, 0.3) is 0 Å². The summed E-state index contributed by atoms with van der Waals surface area (Å²) in [6.07, 6.45) is 4.78. The van der Waals surface area contributed by atoms with Crippen molar-refractivity contribution in [2.75, 3.05) is 0 Å². The molecule has 1 fully saturated rings. The summed E-state index contributed by atoms with van der Waals surface area (Å²) in [4.78, 5) is 11.3. The second kappa shape index (κ2) is 7.12. The fourth-order valence-electron chi connectivity index (χ4n) is 3.43. The fourth-order valence-corrected chi connectivity index (χ4v) is 3.93. The van der Waals surface area contributed by atoms with E-state index in [0.29, 0.717) is 39.9 Å². The molecule has 5 nitrogen and oxygen atoms in total. The van der Waals surface area contributed by atoms with Crippen LogP contribution in [0.25, 0.3) is 22.8 Å². The summed E-state index contributed by atoms with van der Waals surface area (Å²) in [5.74, 6) is 2.66. The summed E-state index contributed by atoms with van der Waals surface area (Å²) < 4.78 is 0. The molecule has 0 saturated heterocycles. The van der Waals surface area contributed by atoms with Gasteiger partial charge in [0.2, 0.25) is 5.82 Å². The quantitative estimate of drug-likeness (QED) is 0.561. The van der Waals surface area contributed by atoms with E-state index in [0.717, 1.165) is 29.9 Å². The maximum Gasteiger partial charge on any atom is 0.204 e. The molecule has 0 aromatic heterocycles. The average molecular weight is 390 g/mol.